The van der Waals surface area contributed by atoms with Crippen molar-refractivity contribution in [3.63, 3.8) is 0 Å². The standard InChI is InChI=1S/C15H22ClN3/c1-10(2)12-5-6-19(8-12)9-13-4-3-11(15(17)18)7-14(13)16/h3-4,7,10,12H,5-6,8-9H2,1-2H3,(H3,17,18). The minimum absolute atomic E-state index is 0.0643. The summed E-state index contributed by atoms with van der Waals surface area (Å²) in [6.07, 6.45) is 1.28. The predicted molar refractivity (Wildman–Crippen MR) is 80.7 cm³/mol. The van der Waals surface area contributed by atoms with E-state index < -0.39 is 0 Å². The molecular formula is C15H22ClN3. The zero-order valence-corrected chi connectivity index (χ0v) is 12.4. The number of hydrogen-bond donors (Lipinski definition) is 2. The Labute approximate surface area is 120 Å². The second kappa shape index (κ2) is 5.93. The molecule has 0 aromatic heterocycles. The van der Waals surface area contributed by atoms with Crippen LogP contribution in [0.1, 0.15) is 31.4 Å². The number of benzene rings is 1. The Bertz CT molecular complexity index is 470. The van der Waals surface area contributed by atoms with Crippen LogP contribution in [0.25, 0.3) is 0 Å². The quantitative estimate of drug-likeness (QED) is 0.657. The van der Waals surface area contributed by atoms with Gasteiger partial charge >= 0.3 is 0 Å². The Morgan fingerprint density at radius 2 is 2.26 bits per heavy atom. The van der Waals surface area contributed by atoms with Crippen LogP contribution in [0.3, 0.4) is 0 Å². The summed E-state index contributed by atoms with van der Waals surface area (Å²) >= 11 is 6.27. The Hall–Kier alpha value is -1.06. The number of hydrogen-bond acceptors (Lipinski definition) is 2. The maximum absolute atomic E-state index is 7.41. The van der Waals surface area contributed by atoms with E-state index in [9.17, 15) is 0 Å². The molecule has 1 aromatic rings. The van der Waals surface area contributed by atoms with Crippen molar-refractivity contribution >= 4 is 17.4 Å². The molecule has 1 heterocycles. The third-order valence-corrected chi connectivity index (χ3v) is 4.36. The lowest BCUT2D eigenvalue weighted by atomic mass is 9.95. The van der Waals surface area contributed by atoms with Gasteiger partial charge in [-0.05, 0) is 36.4 Å². The number of amidine groups is 1. The molecule has 1 saturated heterocycles. The van der Waals surface area contributed by atoms with Crippen LogP contribution in [0.5, 0.6) is 0 Å². The molecule has 4 heteroatoms. The van der Waals surface area contributed by atoms with Gasteiger partial charge in [-0.15, -0.1) is 0 Å². The molecule has 0 radical (unpaired) electrons. The van der Waals surface area contributed by atoms with Crippen LogP contribution in [0.4, 0.5) is 0 Å². The molecule has 1 unspecified atom stereocenters. The molecule has 0 bridgehead atoms. The van der Waals surface area contributed by atoms with Gasteiger partial charge in [-0.25, -0.2) is 0 Å². The molecular weight excluding hydrogens is 258 g/mol. The molecule has 0 saturated carbocycles. The highest BCUT2D eigenvalue weighted by atomic mass is 35.5. The molecule has 19 heavy (non-hydrogen) atoms. The predicted octanol–water partition coefficient (Wildman–Crippen LogP) is 3.10. The Kier molecular flexibility index (Phi) is 4.48. The van der Waals surface area contributed by atoms with Gasteiger partial charge in [0.2, 0.25) is 0 Å². The summed E-state index contributed by atoms with van der Waals surface area (Å²) in [6.45, 7) is 7.78. The van der Waals surface area contributed by atoms with Gasteiger partial charge in [0.05, 0.1) is 0 Å². The summed E-state index contributed by atoms with van der Waals surface area (Å²) in [4.78, 5) is 2.46. The maximum Gasteiger partial charge on any atom is 0.122 e. The SMILES string of the molecule is CC(C)C1CCN(Cc2ccc(C(=N)N)cc2Cl)C1. The van der Waals surface area contributed by atoms with Crippen LogP contribution >= 0.6 is 11.6 Å². The van der Waals surface area contributed by atoms with Gasteiger partial charge in [0.15, 0.2) is 0 Å². The molecule has 0 aliphatic carbocycles. The van der Waals surface area contributed by atoms with E-state index in [0.29, 0.717) is 10.6 Å². The first-order valence-electron chi connectivity index (χ1n) is 6.82. The summed E-state index contributed by atoms with van der Waals surface area (Å²) in [5.74, 6) is 1.62. The molecule has 1 atom stereocenters. The van der Waals surface area contributed by atoms with Crippen molar-refractivity contribution in [2.75, 3.05) is 13.1 Å². The van der Waals surface area contributed by atoms with Crippen molar-refractivity contribution in [2.45, 2.75) is 26.8 Å². The van der Waals surface area contributed by atoms with Crippen LogP contribution in [0, 0.1) is 17.2 Å². The van der Waals surface area contributed by atoms with Gasteiger partial charge < -0.3 is 5.73 Å². The Morgan fingerprint density at radius 1 is 1.53 bits per heavy atom. The molecule has 1 aliphatic heterocycles. The topological polar surface area (TPSA) is 53.1 Å². The first-order chi connectivity index (χ1) is 8.97. The van der Waals surface area contributed by atoms with Crippen LogP contribution in [-0.2, 0) is 6.54 Å². The number of nitrogen functional groups attached to an aromatic ring is 1. The highest BCUT2D eigenvalue weighted by Gasteiger charge is 2.25. The van der Waals surface area contributed by atoms with Gasteiger partial charge in [0.1, 0.15) is 5.84 Å². The van der Waals surface area contributed by atoms with Gasteiger partial charge in [-0.2, -0.15) is 0 Å². The normalized spacial score (nSPS) is 20.1. The zero-order valence-electron chi connectivity index (χ0n) is 11.6. The number of nitrogens with one attached hydrogen (secondary N) is 1. The van der Waals surface area contributed by atoms with Crippen molar-refractivity contribution in [1.82, 2.24) is 4.90 Å². The zero-order chi connectivity index (χ0) is 14.0. The average molecular weight is 280 g/mol. The molecule has 0 spiro atoms. The molecule has 104 valence electrons. The second-order valence-corrected chi connectivity index (χ2v) is 6.15. The lowest BCUT2D eigenvalue weighted by Crippen LogP contribution is -2.21. The monoisotopic (exact) mass is 279 g/mol. The molecule has 3 N–H and O–H groups in total. The van der Waals surface area contributed by atoms with Crippen molar-refractivity contribution in [2.24, 2.45) is 17.6 Å². The second-order valence-electron chi connectivity index (χ2n) is 5.75. The van der Waals surface area contributed by atoms with Crippen molar-refractivity contribution < 1.29 is 0 Å². The van der Waals surface area contributed by atoms with Gasteiger partial charge in [-0.1, -0.05) is 37.6 Å². The minimum atomic E-state index is 0.0643. The smallest absolute Gasteiger partial charge is 0.122 e. The largest absolute Gasteiger partial charge is 0.384 e. The summed E-state index contributed by atoms with van der Waals surface area (Å²) in [7, 11) is 0. The highest BCUT2D eigenvalue weighted by Crippen LogP contribution is 2.27. The summed E-state index contributed by atoms with van der Waals surface area (Å²) < 4.78 is 0. The Balaban J connectivity index is 2.02. The average Bonchev–Trinajstić information content (AvgIpc) is 2.80. The molecule has 1 aromatic carbocycles. The first-order valence-corrected chi connectivity index (χ1v) is 7.20. The molecule has 1 aliphatic rings. The van der Waals surface area contributed by atoms with Crippen molar-refractivity contribution in [3.8, 4) is 0 Å². The lowest BCUT2D eigenvalue weighted by Gasteiger charge is -2.18. The summed E-state index contributed by atoms with van der Waals surface area (Å²) in [5.41, 5.74) is 7.27. The number of nitrogens with two attached hydrogens (primary N) is 1. The van der Waals surface area contributed by atoms with Crippen LogP contribution in [-0.4, -0.2) is 23.8 Å². The molecule has 0 amide bonds. The van der Waals surface area contributed by atoms with Gasteiger partial charge in [0, 0.05) is 23.7 Å². The van der Waals surface area contributed by atoms with E-state index in [2.05, 4.69) is 18.7 Å². The minimum Gasteiger partial charge on any atom is -0.384 e. The summed E-state index contributed by atoms with van der Waals surface area (Å²) in [5, 5.41) is 8.12. The fraction of sp³-hybridized carbons (Fsp3) is 0.533. The van der Waals surface area contributed by atoms with E-state index in [-0.39, 0.29) is 5.84 Å². The van der Waals surface area contributed by atoms with E-state index in [1.807, 2.05) is 12.1 Å². The van der Waals surface area contributed by atoms with Crippen LogP contribution < -0.4 is 5.73 Å². The molecule has 2 rings (SSSR count). The van der Waals surface area contributed by atoms with E-state index in [0.717, 1.165) is 37.0 Å². The summed E-state index contributed by atoms with van der Waals surface area (Å²) in [6, 6.07) is 5.65. The fourth-order valence-electron chi connectivity index (χ4n) is 2.63. The lowest BCUT2D eigenvalue weighted by molar-refractivity contribution is 0.297. The number of nitrogens with zero attached hydrogens (tertiary/aromatic N) is 1. The number of halogens is 1. The first kappa shape index (κ1) is 14.4. The van der Waals surface area contributed by atoms with E-state index >= 15 is 0 Å². The van der Waals surface area contributed by atoms with E-state index in [1.165, 1.54) is 6.42 Å². The van der Waals surface area contributed by atoms with Crippen LogP contribution in [0.2, 0.25) is 5.02 Å². The maximum atomic E-state index is 7.41. The van der Waals surface area contributed by atoms with Gasteiger partial charge in [0.25, 0.3) is 0 Å². The van der Waals surface area contributed by atoms with E-state index in [4.69, 9.17) is 22.7 Å². The van der Waals surface area contributed by atoms with Crippen molar-refractivity contribution in [3.05, 3.63) is 34.3 Å². The Morgan fingerprint density at radius 3 is 2.79 bits per heavy atom. The van der Waals surface area contributed by atoms with Crippen LogP contribution in [0.15, 0.2) is 18.2 Å². The number of likely N-dealkylation sites (tertiary alicyclic amines) is 1. The third-order valence-electron chi connectivity index (χ3n) is 4.01. The van der Waals surface area contributed by atoms with Crippen molar-refractivity contribution in [1.29, 1.82) is 5.41 Å². The highest BCUT2D eigenvalue weighted by molar-refractivity contribution is 6.31. The third kappa shape index (κ3) is 3.48. The number of rotatable bonds is 4. The molecule has 3 nitrogen and oxygen atoms in total. The molecule has 1 fully saturated rings. The van der Waals surface area contributed by atoms with E-state index in [1.54, 1.807) is 6.07 Å². The fourth-order valence-corrected chi connectivity index (χ4v) is 2.87. The van der Waals surface area contributed by atoms with Gasteiger partial charge in [-0.3, -0.25) is 10.3 Å².